The molecule has 8 nitrogen and oxygen atoms in total. The maximum Gasteiger partial charge on any atom is 0.184 e. The number of aromatic nitrogens is 1. The van der Waals surface area contributed by atoms with Crippen molar-refractivity contribution in [1.29, 1.82) is 0 Å². The monoisotopic (exact) mass is 280 g/mol. The predicted molar refractivity (Wildman–Crippen MR) is 54.0 cm³/mol. The van der Waals surface area contributed by atoms with Crippen LogP contribution < -0.4 is 25.1 Å². The summed E-state index contributed by atoms with van der Waals surface area (Å²) in [6.45, 7) is 0. The molecule has 0 atom stereocenters. The zero-order chi connectivity index (χ0) is 13.3. The summed E-state index contributed by atoms with van der Waals surface area (Å²) < 4.78 is 32.7. The summed E-state index contributed by atoms with van der Waals surface area (Å²) in [6, 6.07) is 3.65. The molecule has 0 fully saturated rings. The standard InChI is InChI=1S/C7H8N4S.ClHO4/c8-7(12)11-10-5-6-1-3-9-4-2-6;2-1(3,4)5/h1-5H,(H3,8,11,12);(H,2,3,4,5)/b10-5+;. The summed E-state index contributed by atoms with van der Waals surface area (Å²) in [4.78, 5) is 3.86. The Kier molecular flexibility index (Phi) is 7.21. The summed E-state index contributed by atoms with van der Waals surface area (Å²) in [5.74, 6) is 0. The van der Waals surface area contributed by atoms with Gasteiger partial charge in [-0.2, -0.15) is 19.1 Å². The van der Waals surface area contributed by atoms with Crippen LogP contribution in [0.15, 0.2) is 29.6 Å². The van der Waals surface area contributed by atoms with Gasteiger partial charge in [0.2, 0.25) is 0 Å². The third-order valence-corrected chi connectivity index (χ3v) is 1.19. The Bertz CT molecular complexity index is 364. The van der Waals surface area contributed by atoms with Gasteiger partial charge >= 0.3 is 0 Å². The van der Waals surface area contributed by atoms with Crippen LogP contribution in [0.25, 0.3) is 0 Å². The predicted octanol–water partition coefficient (Wildman–Crippen LogP) is -3.88. The van der Waals surface area contributed by atoms with Crippen LogP contribution in [0.1, 0.15) is 5.56 Å². The average Bonchev–Trinajstić information content (AvgIpc) is 2.16. The lowest BCUT2D eigenvalue weighted by molar-refractivity contribution is -1.92. The molecule has 1 aromatic heterocycles. The van der Waals surface area contributed by atoms with Gasteiger partial charge in [-0.25, -0.2) is 0 Å². The Balaban J connectivity index is 0.000000437. The van der Waals surface area contributed by atoms with Crippen molar-refractivity contribution in [2.75, 3.05) is 0 Å². The second-order valence-electron chi connectivity index (χ2n) is 2.41. The molecule has 0 aliphatic rings. The van der Waals surface area contributed by atoms with Crippen LogP contribution in [0, 0.1) is 10.2 Å². The van der Waals surface area contributed by atoms with Gasteiger partial charge in [0.05, 0.1) is 21.1 Å². The zero-order valence-corrected chi connectivity index (χ0v) is 9.89. The lowest BCUT2D eigenvalue weighted by atomic mass is 10.3. The molecule has 0 radical (unpaired) electrons. The van der Waals surface area contributed by atoms with Crippen molar-refractivity contribution in [3.8, 4) is 0 Å². The quantitative estimate of drug-likeness (QED) is 0.282. The molecule has 10 heteroatoms. The summed E-state index contributed by atoms with van der Waals surface area (Å²) >= 11 is 4.55. The van der Waals surface area contributed by atoms with Gasteiger partial charge < -0.3 is 5.73 Å². The fourth-order valence-corrected chi connectivity index (χ4v) is 0.673. The van der Waals surface area contributed by atoms with Gasteiger partial charge in [-0.1, -0.05) is 0 Å². The Morgan fingerprint density at radius 1 is 1.47 bits per heavy atom. The molecule has 0 aliphatic heterocycles. The molecular weight excluding hydrogens is 272 g/mol. The van der Waals surface area contributed by atoms with Crippen LogP contribution in [0.3, 0.4) is 0 Å². The third kappa shape index (κ3) is 14.6. The first-order valence-corrected chi connectivity index (χ1v) is 5.58. The maximum absolute atomic E-state index is 8.60. The summed E-state index contributed by atoms with van der Waals surface area (Å²) in [5, 5.41) is 3.93. The largest absolute Gasteiger partial charge is 0.375 e. The van der Waals surface area contributed by atoms with Crippen molar-refractivity contribution in [3.63, 3.8) is 0 Å². The molecule has 0 bridgehead atoms. The minimum Gasteiger partial charge on any atom is -0.375 e. The number of pyridine rings is 1. The first-order valence-electron chi connectivity index (χ1n) is 3.91. The van der Waals surface area contributed by atoms with E-state index in [-0.39, 0.29) is 5.11 Å². The topological polar surface area (TPSA) is 153 Å². The highest BCUT2D eigenvalue weighted by Crippen LogP contribution is 1.89. The molecule has 0 aromatic carbocycles. The van der Waals surface area contributed by atoms with Crippen LogP contribution in [0.2, 0.25) is 0 Å². The Hall–Kier alpha value is -1.36. The number of hydrazone groups is 1. The second-order valence-corrected chi connectivity index (χ2v) is 3.64. The smallest absolute Gasteiger partial charge is 0.184 e. The van der Waals surface area contributed by atoms with Crippen molar-refractivity contribution >= 4 is 23.5 Å². The minimum absolute atomic E-state index is 0.153. The fraction of sp³-hybridized carbons (Fsp3) is 0. The van der Waals surface area contributed by atoms with Crippen molar-refractivity contribution in [3.05, 3.63) is 30.1 Å². The van der Waals surface area contributed by atoms with Crippen molar-refractivity contribution in [1.82, 2.24) is 10.4 Å². The Labute approximate surface area is 104 Å². The van der Waals surface area contributed by atoms with E-state index >= 15 is 0 Å². The molecule has 0 saturated heterocycles. The third-order valence-electron chi connectivity index (χ3n) is 1.09. The first kappa shape index (κ1) is 15.6. The van der Waals surface area contributed by atoms with E-state index in [0.717, 1.165) is 5.56 Å². The molecular formula is C7H9ClN4O4S. The van der Waals surface area contributed by atoms with E-state index in [2.05, 4.69) is 27.7 Å². The Morgan fingerprint density at radius 3 is 2.35 bits per heavy atom. The number of rotatable bonds is 2. The molecule has 4 N–H and O–H groups in total. The SMILES string of the molecule is NC(=S)N/N=C/c1ccncc1.[O-][Cl+3]([O-])([O-])O. The summed E-state index contributed by atoms with van der Waals surface area (Å²) in [5.41, 5.74) is 8.54. The number of nitrogens with two attached hydrogens (primary N) is 1. The maximum atomic E-state index is 8.60. The van der Waals surface area contributed by atoms with Gasteiger partial charge in [0.15, 0.2) is 5.11 Å². The van der Waals surface area contributed by atoms with Gasteiger partial charge in [-0.05, 0) is 29.9 Å². The van der Waals surface area contributed by atoms with Gasteiger partial charge in [0.1, 0.15) is 0 Å². The van der Waals surface area contributed by atoms with Crippen LogP contribution in [-0.4, -0.2) is 21.0 Å². The average molecular weight is 281 g/mol. The number of halogens is 1. The molecule has 0 saturated carbocycles. The lowest BCUT2D eigenvalue weighted by Gasteiger charge is -2.03. The fourth-order valence-electron chi connectivity index (χ4n) is 0.620. The van der Waals surface area contributed by atoms with Gasteiger partial charge in [-0.3, -0.25) is 10.4 Å². The molecule has 94 valence electrons. The molecule has 1 rings (SSSR count). The molecule has 1 aromatic rings. The van der Waals surface area contributed by atoms with Crippen LogP contribution in [0.5, 0.6) is 0 Å². The number of thiocarbonyl (C=S) groups is 1. The zero-order valence-electron chi connectivity index (χ0n) is 8.32. The summed E-state index contributed by atoms with van der Waals surface area (Å²) in [6.07, 6.45) is 4.98. The molecule has 0 amide bonds. The van der Waals surface area contributed by atoms with E-state index in [9.17, 15) is 0 Å². The minimum atomic E-state index is -4.69. The van der Waals surface area contributed by atoms with E-state index in [1.165, 1.54) is 0 Å². The number of hydrogen-bond acceptors (Lipinski definition) is 7. The van der Waals surface area contributed by atoms with Crippen LogP contribution >= 0.6 is 12.2 Å². The number of hydrogen-bond donors (Lipinski definition) is 3. The highest BCUT2D eigenvalue weighted by molar-refractivity contribution is 7.80. The van der Waals surface area contributed by atoms with E-state index in [4.69, 9.17) is 24.4 Å². The van der Waals surface area contributed by atoms with E-state index in [0.29, 0.717) is 0 Å². The van der Waals surface area contributed by atoms with E-state index in [1.807, 2.05) is 12.1 Å². The van der Waals surface area contributed by atoms with Gasteiger partial charge in [0, 0.05) is 12.4 Å². The highest BCUT2D eigenvalue weighted by Gasteiger charge is 1.98. The van der Waals surface area contributed by atoms with E-state index < -0.39 is 10.2 Å². The molecule has 0 spiro atoms. The molecule has 1 heterocycles. The molecule has 17 heavy (non-hydrogen) atoms. The van der Waals surface area contributed by atoms with Crippen molar-refractivity contribution in [2.24, 2.45) is 10.8 Å². The van der Waals surface area contributed by atoms with Gasteiger partial charge in [-0.15, -0.1) is 0 Å². The Morgan fingerprint density at radius 2 is 1.94 bits per heavy atom. The van der Waals surface area contributed by atoms with E-state index in [1.54, 1.807) is 18.6 Å². The van der Waals surface area contributed by atoms with Gasteiger partial charge in [0.25, 0.3) is 0 Å². The van der Waals surface area contributed by atoms with Crippen LogP contribution in [0.4, 0.5) is 0 Å². The number of nitrogens with zero attached hydrogens (tertiary/aromatic N) is 2. The van der Waals surface area contributed by atoms with Crippen molar-refractivity contribution in [2.45, 2.75) is 0 Å². The molecule has 0 unspecified atom stereocenters. The number of nitrogens with one attached hydrogen (secondary N) is 1. The lowest BCUT2D eigenvalue weighted by Crippen LogP contribution is -2.58. The first-order chi connectivity index (χ1) is 7.79. The normalized spacial score (nSPS) is 10.6. The second kappa shape index (κ2) is 7.84. The molecule has 0 aliphatic carbocycles. The van der Waals surface area contributed by atoms with Crippen LogP contribution in [-0.2, 0) is 0 Å². The van der Waals surface area contributed by atoms with Crippen molar-refractivity contribution < 1.29 is 28.9 Å². The summed E-state index contributed by atoms with van der Waals surface area (Å²) in [7, 11) is -4.69. The highest BCUT2D eigenvalue weighted by atomic mass is 35.7.